The molecule has 34 heavy (non-hydrogen) atoms. The normalized spacial score (nSPS) is 15.5. The number of hydrogen-bond donors (Lipinski definition) is 2. The molecule has 1 aromatic rings. The van der Waals surface area contributed by atoms with Crippen LogP contribution in [0.15, 0.2) is 18.2 Å². The fourth-order valence-electron chi connectivity index (χ4n) is 3.11. The van der Waals surface area contributed by atoms with E-state index in [1.807, 2.05) is 4.90 Å². The molecule has 2 N–H and O–H groups in total. The molecule has 0 bridgehead atoms. The molecular weight excluding hydrogens is 500 g/mol. The predicted octanol–water partition coefficient (Wildman–Crippen LogP) is 3.60. The van der Waals surface area contributed by atoms with Crippen LogP contribution in [0.1, 0.15) is 5.56 Å². The third-order valence-electron chi connectivity index (χ3n) is 4.69. The summed E-state index contributed by atoms with van der Waals surface area (Å²) < 4.78 is 84.3. The van der Waals surface area contributed by atoms with Crippen LogP contribution in [-0.4, -0.2) is 91.4 Å². The summed E-state index contributed by atoms with van der Waals surface area (Å²) in [5.41, 5.74) is 1.43. The molecule has 0 atom stereocenters. The molecule has 0 spiro atoms. The summed E-state index contributed by atoms with van der Waals surface area (Å²) in [7, 11) is 0. The number of nitrogens with one attached hydrogen (secondary N) is 1. The smallest absolute Gasteiger partial charge is 0.434 e. The monoisotopic (exact) mass is 521 g/mol. The van der Waals surface area contributed by atoms with Crippen LogP contribution in [0.2, 0.25) is 5.02 Å². The van der Waals surface area contributed by atoms with Gasteiger partial charge in [0.2, 0.25) is 0 Å². The van der Waals surface area contributed by atoms with Crippen LogP contribution in [0.25, 0.3) is 0 Å². The van der Waals surface area contributed by atoms with Gasteiger partial charge in [0.15, 0.2) is 0 Å². The van der Waals surface area contributed by atoms with Gasteiger partial charge in [-0.1, -0.05) is 11.6 Å². The number of anilines is 1. The van der Waals surface area contributed by atoms with E-state index in [-0.39, 0.29) is 32.8 Å². The van der Waals surface area contributed by atoms with Crippen LogP contribution in [0, 0.1) is 0 Å². The lowest BCUT2D eigenvalue weighted by Crippen LogP contribution is -2.52. The maximum Gasteiger partial charge on any atom is 0.434 e. The van der Waals surface area contributed by atoms with Crippen molar-refractivity contribution in [3.05, 3.63) is 28.8 Å². The molecule has 1 fully saturated rings. The minimum Gasteiger partial charge on any atom is -0.480 e. The van der Waals surface area contributed by atoms with Crippen molar-refractivity contribution in [3.63, 3.8) is 0 Å². The number of carbonyl (C=O) groups excluding carboxylic acids is 1. The third kappa shape index (κ3) is 8.72. The highest BCUT2D eigenvalue weighted by molar-refractivity contribution is 6.30. The van der Waals surface area contributed by atoms with Gasteiger partial charge in [-0.25, -0.2) is 9.59 Å². The standard InChI is InChI=1S/C19H22ClF6N3O5/c20-13-1-2-14(27-3-8-33-11-15(30)31)12(9-13)10-28-4-6-29(7-5-28)17(32)34-16(18(21,22)23)19(24,25)26/h1-2,9,16,27H,3-8,10-11H2,(H,30,31). The van der Waals surface area contributed by atoms with Crippen molar-refractivity contribution >= 4 is 29.4 Å². The summed E-state index contributed by atoms with van der Waals surface area (Å²) >= 11 is 6.05. The molecule has 1 heterocycles. The molecule has 0 saturated carbocycles. The first-order valence-electron chi connectivity index (χ1n) is 9.90. The minimum absolute atomic E-state index is 0.131. The number of hydrogen-bond acceptors (Lipinski definition) is 6. The summed E-state index contributed by atoms with van der Waals surface area (Å²) in [6.07, 6.45) is -17.4. The van der Waals surface area contributed by atoms with Crippen molar-refractivity contribution in [2.75, 3.05) is 51.3 Å². The number of nitrogens with zero attached hydrogens (tertiary/aromatic N) is 2. The molecule has 2 rings (SSSR count). The summed E-state index contributed by atoms with van der Waals surface area (Å²) in [4.78, 5) is 25.0. The van der Waals surface area contributed by atoms with E-state index in [2.05, 4.69) is 10.1 Å². The Morgan fingerprint density at radius 1 is 1.09 bits per heavy atom. The fourth-order valence-corrected chi connectivity index (χ4v) is 3.30. The first kappa shape index (κ1) is 27.8. The maximum atomic E-state index is 12.6. The van der Waals surface area contributed by atoms with Crippen LogP contribution in [0.3, 0.4) is 0 Å². The molecule has 192 valence electrons. The number of amides is 1. The number of halogens is 7. The fraction of sp³-hybridized carbons (Fsp3) is 0.579. The predicted molar refractivity (Wildman–Crippen MR) is 108 cm³/mol. The average molecular weight is 522 g/mol. The van der Waals surface area contributed by atoms with Gasteiger partial charge >= 0.3 is 24.4 Å². The van der Waals surface area contributed by atoms with Crippen LogP contribution in [0.5, 0.6) is 0 Å². The Balaban J connectivity index is 1.90. The van der Waals surface area contributed by atoms with E-state index in [0.29, 0.717) is 23.8 Å². The van der Waals surface area contributed by atoms with Gasteiger partial charge in [0.1, 0.15) is 6.61 Å². The number of carboxylic acid groups (broad SMARTS) is 1. The van der Waals surface area contributed by atoms with Gasteiger partial charge in [-0.3, -0.25) is 4.90 Å². The molecule has 0 unspecified atom stereocenters. The Morgan fingerprint density at radius 3 is 2.26 bits per heavy atom. The van der Waals surface area contributed by atoms with Crippen LogP contribution < -0.4 is 5.32 Å². The molecule has 0 aromatic heterocycles. The zero-order valence-corrected chi connectivity index (χ0v) is 18.3. The summed E-state index contributed by atoms with van der Waals surface area (Å²) in [5, 5.41) is 12.1. The largest absolute Gasteiger partial charge is 0.480 e. The first-order valence-corrected chi connectivity index (χ1v) is 10.3. The van der Waals surface area contributed by atoms with Crippen LogP contribution in [0.4, 0.5) is 36.8 Å². The van der Waals surface area contributed by atoms with Gasteiger partial charge in [0.05, 0.1) is 6.61 Å². The number of aliphatic carboxylic acids is 1. The molecular formula is C19H22ClF6N3O5. The van der Waals surface area contributed by atoms with Crippen molar-refractivity contribution in [2.45, 2.75) is 25.0 Å². The summed E-state index contributed by atoms with van der Waals surface area (Å²) in [5.74, 6) is -1.09. The molecule has 1 aliphatic rings. The molecule has 8 nitrogen and oxygen atoms in total. The quantitative estimate of drug-likeness (QED) is 0.379. The molecule has 1 saturated heterocycles. The number of carboxylic acids is 1. The lowest BCUT2D eigenvalue weighted by Gasteiger charge is -2.35. The lowest BCUT2D eigenvalue weighted by atomic mass is 10.1. The molecule has 0 radical (unpaired) electrons. The SMILES string of the molecule is O=C(O)COCCNc1ccc(Cl)cc1CN1CCN(C(=O)OC(C(F)(F)F)C(F)(F)F)CC1. The van der Waals surface area contributed by atoms with E-state index in [4.69, 9.17) is 21.4 Å². The highest BCUT2D eigenvalue weighted by atomic mass is 35.5. The van der Waals surface area contributed by atoms with Gasteiger partial charge in [-0.2, -0.15) is 26.3 Å². The van der Waals surface area contributed by atoms with Crippen molar-refractivity contribution in [1.29, 1.82) is 0 Å². The molecule has 1 amide bonds. The van der Waals surface area contributed by atoms with Crippen molar-refractivity contribution < 1.29 is 50.5 Å². The van der Waals surface area contributed by atoms with Crippen LogP contribution in [-0.2, 0) is 20.8 Å². The van der Waals surface area contributed by atoms with Gasteiger partial charge in [0.25, 0.3) is 6.10 Å². The van der Waals surface area contributed by atoms with E-state index in [0.717, 1.165) is 10.5 Å². The van der Waals surface area contributed by atoms with Gasteiger partial charge in [0, 0.05) is 50.0 Å². The Kier molecular flexibility index (Phi) is 9.64. The van der Waals surface area contributed by atoms with E-state index in [1.54, 1.807) is 18.2 Å². The highest BCUT2D eigenvalue weighted by Gasteiger charge is 2.60. The average Bonchev–Trinajstić information content (AvgIpc) is 2.71. The first-order chi connectivity index (χ1) is 15.8. The van der Waals surface area contributed by atoms with Gasteiger partial charge < -0.3 is 24.8 Å². The second-order valence-electron chi connectivity index (χ2n) is 7.28. The Labute approximate surface area is 195 Å². The molecule has 1 aliphatic heterocycles. The van der Waals surface area contributed by atoms with E-state index >= 15 is 0 Å². The number of rotatable bonds is 9. The molecule has 0 aliphatic carbocycles. The second-order valence-corrected chi connectivity index (χ2v) is 7.72. The van der Waals surface area contributed by atoms with E-state index in [1.165, 1.54) is 0 Å². The lowest BCUT2D eigenvalue weighted by molar-refractivity contribution is -0.308. The Bertz CT molecular complexity index is 833. The third-order valence-corrected chi connectivity index (χ3v) is 4.93. The number of alkyl halides is 6. The second kappa shape index (κ2) is 11.8. The zero-order chi connectivity index (χ0) is 25.5. The van der Waals surface area contributed by atoms with Crippen molar-refractivity contribution in [2.24, 2.45) is 0 Å². The Morgan fingerprint density at radius 2 is 1.71 bits per heavy atom. The summed E-state index contributed by atoms with van der Waals surface area (Å²) in [6.45, 7) is 0.412. The highest BCUT2D eigenvalue weighted by Crippen LogP contribution is 2.36. The zero-order valence-electron chi connectivity index (χ0n) is 17.6. The number of carbonyl (C=O) groups is 2. The Hall–Kier alpha value is -2.45. The molecule has 1 aromatic carbocycles. The number of ether oxygens (including phenoxy) is 2. The van der Waals surface area contributed by atoms with Crippen LogP contribution >= 0.6 is 11.6 Å². The van der Waals surface area contributed by atoms with E-state index < -0.39 is 37.1 Å². The van der Waals surface area contributed by atoms with Gasteiger partial charge in [-0.15, -0.1) is 0 Å². The van der Waals surface area contributed by atoms with Crippen molar-refractivity contribution in [3.8, 4) is 0 Å². The molecule has 15 heteroatoms. The van der Waals surface area contributed by atoms with Gasteiger partial charge in [-0.05, 0) is 23.8 Å². The maximum absolute atomic E-state index is 12.6. The number of piperazine rings is 1. The minimum atomic E-state index is -5.77. The topological polar surface area (TPSA) is 91.3 Å². The number of benzene rings is 1. The summed E-state index contributed by atoms with van der Waals surface area (Å²) in [6, 6.07) is 5.02. The van der Waals surface area contributed by atoms with E-state index in [9.17, 15) is 35.9 Å². The van der Waals surface area contributed by atoms with Crippen molar-refractivity contribution in [1.82, 2.24) is 9.80 Å².